The van der Waals surface area contributed by atoms with Crippen LogP contribution < -0.4 is 0 Å². The molecule has 0 spiro atoms. The van der Waals surface area contributed by atoms with E-state index in [9.17, 15) is 10.1 Å². The highest BCUT2D eigenvalue weighted by Crippen LogP contribution is 2.23. The first-order chi connectivity index (χ1) is 7.15. The van der Waals surface area contributed by atoms with Gasteiger partial charge in [0.2, 0.25) is 0 Å². The fraction of sp³-hybridized carbons (Fsp3) is 0.250. The van der Waals surface area contributed by atoms with Crippen molar-refractivity contribution >= 4 is 17.3 Å². The Hall–Kier alpha value is -1.78. The zero-order chi connectivity index (χ0) is 11.3. The van der Waals surface area contributed by atoms with Gasteiger partial charge >= 0.3 is 0 Å². The Morgan fingerprint density at radius 3 is 2.93 bits per heavy atom. The Kier molecular flexibility index (Phi) is 3.91. The summed E-state index contributed by atoms with van der Waals surface area (Å²) in [5, 5.41) is 14.4. The molecule has 78 valence electrons. The lowest BCUT2D eigenvalue weighted by Gasteiger charge is -2.00. The van der Waals surface area contributed by atoms with Crippen LogP contribution in [0.4, 0.5) is 5.69 Å². The van der Waals surface area contributed by atoms with Gasteiger partial charge in [-0.1, -0.05) is 16.7 Å². The molecule has 6 nitrogen and oxygen atoms in total. The normalized spacial score (nSPS) is 9.40. The molecule has 0 saturated carbocycles. The summed E-state index contributed by atoms with van der Waals surface area (Å²) in [6.07, 6.45) is 0.306. The number of halogens is 1. The van der Waals surface area contributed by atoms with Crippen LogP contribution in [0.2, 0.25) is 5.02 Å². The Morgan fingerprint density at radius 1 is 1.60 bits per heavy atom. The van der Waals surface area contributed by atoms with Crippen LogP contribution in [-0.4, -0.2) is 11.5 Å². The lowest BCUT2D eigenvalue weighted by molar-refractivity contribution is -0.385. The number of nitro groups is 1. The maximum Gasteiger partial charge on any atom is 0.272 e. The lowest BCUT2D eigenvalue weighted by atomic mass is 10.1. The second kappa shape index (κ2) is 5.19. The number of nitrogens with zero attached hydrogens (tertiary/aromatic N) is 4. The molecule has 15 heavy (non-hydrogen) atoms. The molecule has 7 heteroatoms. The second-order valence-corrected chi connectivity index (χ2v) is 3.17. The molecular weight excluding hydrogens is 220 g/mol. The van der Waals surface area contributed by atoms with Gasteiger partial charge in [-0.2, -0.15) is 0 Å². The Balaban J connectivity index is 2.96. The summed E-state index contributed by atoms with van der Waals surface area (Å²) in [6.45, 7) is 0.178. The molecule has 0 aliphatic rings. The molecule has 0 aromatic heterocycles. The fourth-order valence-corrected chi connectivity index (χ4v) is 1.34. The first-order valence-electron chi connectivity index (χ1n) is 4.09. The van der Waals surface area contributed by atoms with Gasteiger partial charge in [-0.05, 0) is 24.1 Å². The average Bonchev–Trinajstić information content (AvgIpc) is 2.18. The lowest BCUT2D eigenvalue weighted by Crippen LogP contribution is -1.97. The largest absolute Gasteiger partial charge is 0.272 e. The number of nitro benzene ring substituents is 1. The molecule has 0 radical (unpaired) electrons. The SMILES string of the molecule is [N-]=[N+]=NCCc1cc(Cl)ccc1[N+](=O)[O-]. The topological polar surface area (TPSA) is 91.9 Å². The van der Waals surface area contributed by atoms with E-state index in [2.05, 4.69) is 10.0 Å². The summed E-state index contributed by atoms with van der Waals surface area (Å²) in [4.78, 5) is 12.7. The van der Waals surface area contributed by atoms with Crippen molar-refractivity contribution in [3.8, 4) is 0 Å². The maximum absolute atomic E-state index is 10.6. The van der Waals surface area contributed by atoms with Crippen molar-refractivity contribution in [3.05, 3.63) is 49.3 Å². The molecule has 0 amide bonds. The van der Waals surface area contributed by atoms with Crippen LogP contribution in [-0.2, 0) is 6.42 Å². The van der Waals surface area contributed by atoms with Crippen LogP contribution in [0, 0.1) is 10.1 Å². The van der Waals surface area contributed by atoms with Crippen LogP contribution >= 0.6 is 11.6 Å². The number of hydrogen-bond donors (Lipinski definition) is 0. The summed E-state index contributed by atoms with van der Waals surface area (Å²) in [7, 11) is 0. The smallest absolute Gasteiger partial charge is 0.258 e. The molecule has 1 aromatic carbocycles. The summed E-state index contributed by atoms with van der Waals surface area (Å²) in [5.74, 6) is 0. The first kappa shape index (κ1) is 11.3. The maximum atomic E-state index is 10.6. The number of rotatable bonds is 4. The van der Waals surface area contributed by atoms with Gasteiger partial charge in [0.15, 0.2) is 0 Å². The Labute approximate surface area is 90.3 Å². The highest BCUT2D eigenvalue weighted by Gasteiger charge is 2.12. The van der Waals surface area contributed by atoms with E-state index in [-0.39, 0.29) is 12.2 Å². The van der Waals surface area contributed by atoms with Gasteiger partial charge in [-0.25, -0.2) is 0 Å². The van der Waals surface area contributed by atoms with E-state index in [1.54, 1.807) is 0 Å². The molecule has 0 N–H and O–H groups in total. The molecule has 0 heterocycles. The highest BCUT2D eigenvalue weighted by molar-refractivity contribution is 6.30. The predicted molar refractivity (Wildman–Crippen MR) is 55.8 cm³/mol. The minimum atomic E-state index is -0.484. The van der Waals surface area contributed by atoms with Gasteiger partial charge in [0.1, 0.15) is 0 Å². The molecule has 0 bridgehead atoms. The van der Waals surface area contributed by atoms with E-state index in [0.29, 0.717) is 17.0 Å². The van der Waals surface area contributed by atoms with Crippen molar-refractivity contribution in [2.45, 2.75) is 6.42 Å². The molecular formula is C8H7ClN4O2. The number of azide groups is 1. The van der Waals surface area contributed by atoms with E-state index in [1.807, 2.05) is 0 Å². The van der Waals surface area contributed by atoms with Gasteiger partial charge in [0.05, 0.1) is 4.92 Å². The van der Waals surface area contributed by atoms with Crippen LogP contribution in [0.25, 0.3) is 10.4 Å². The summed E-state index contributed by atoms with van der Waals surface area (Å²) in [6, 6.07) is 4.30. The van der Waals surface area contributed by atoms with E-state index >= 15 is 0 Å². The number of benzene rings is 1. The van der Waals surface area contributed by atoms with Crippen molar-refractivity contribution in [3.63, 3.8) is 0 Å². The molecule has 0 fully saturated rings. The van der Waals surface area contributed by atoms with Gasteiger partial charge in [-0.3, -0.25) is 10.1 Å². The van der Waals surface area contributed by atoms with Gasteiger partial charge in [-0.15, -0.1) is 0 Å². The molecule has 1 aromatic rings. The summed E-state index contributed by atoms with van der Waals surface area (Å²) < 4.78 is 0. The third-order valence-corrected chi connectivity index (χ3v) is 2.02. The third kappa shape index (κ3) is 3.12. The highest BCUT2D eigenvalue weighted by atomic mass is 35.5. The molecule has 1 rings (SSSR count). The van der Waals surface area contributed by atoms with E-state index < -0.39 is 4.92 Å². The standard InChI is InChI=1S/C8H7ClN4O2/c9-7-1-2-8(13(14)15)6(5-7)3-4-11-12-10/h1-2,5H,3-4H2. The fourth-order valence-electron chi connectivity index (χ4n) is 1.15. The van der Waals surface area contributed by atoms with Crippen molar-refractivity contribution < 1.29 is 4.92 Å². The third-order valence-electron chi connectivity index (χ3n) is 1.78. The molecule has 0 saturated heterocycles. The van der Waals surface area contributed by atoms with Gasteiger partial charge < -0.3 is 0 Å². The molecule has 0 aliphatic carbocycles. The first-order valence-corrected chi connectivity index (χ1v) is 4.46. The number of hydrogen-bond acceptors (Lipinski definition) is 3. The quantitative estimate of drug-likeness (QED) is 0.259. The molecule has 0 aliphatic heterocycles. The van der Waals surface area contributed by atoms with Crippen LogP contribution in [0.15, 0.2) is 23.3 Å². The molecule has 0 atom stereocenters. The second-order valence-electron chi connectivity index (χ2n) is 2.73. The van der Waals surface area contributed by atoms with Crippen LogP contribution in [0.1, 0.15) is 5.56 Å². The van der Waals surface area contributed by atoms with Gasteiger partial charge in [0.25, 0.3) is 5.69 Å². The summed E-state index contributed by atoms with van der Waals surface area (Å²) >= 11 is 5.71. The van der Waals surface area contributed by atoms with Crippen molar-refractivity contribution in [2.24, 2.45) is 5.11 Å². The predicted octanol–water partition coefficient (Wildman–Crippen LogP) is 3.10. The van der Waals surface area contributed by atoms with E-state index in [4.69, 9.17) is 17.1 Å². The van der Waals surface area contributed by atoms with Crippen molar-refractivity contribution in [1.29, 1.82) is 0 Å². The monoisotopic (exact) mass is 226 g/mol. The zero-order valence-corrected chi connectivity index (χ0v) is 8.39. The van der Waals surface area contributed by atoms with Crippen LogP contribution in [0.5, 0.6) is 0 Å². The zero-order valence-electron chi connectivity index (χ0n) is 7.63. The Morgan fingerprint density at radius 2 is 2.33 bits per heavy atom. The van der Waals surface area contributed by atoms with Gasteiger partial charge in [0, 0.05) is 28.1 Å². The van der Waals surface area contributed by atoms with Crippen molar-refractivity contribution in [2.75, 3.05) is 6.54 Å². The Bertz CT molecular complexity index is 429. The van der Waals surface area contributed by atoms with Crippen LogP contribution in [0.3, 0.4) is 0 Å². The minimum Gasteiger partial charge on any atom is -0.258 e. The summed E-state index contributed by atoms with van der Waals surface area (Å²) in [5.41, 5.74) is 8.54. The van der Waals surface area contributed by atoms with Crippen molar-refractivity contribution in [1.82, 2.24) is 0 Å². The molecule has 0 unspecified atom stereocenters. The van der Waals surface area contributed by atoms with E-state index in [1.165, 1.54) is 18.2 Å². The van der Waals surface area contributed by atoms with E-state index in [0.717, 1.165) is 0 Å². The average molecular weight is 227 g/mol. The minimum absolute atomic E-state index is 0.00691.